The van der Waals surface area contributed by atoms with Crippen LogP contribution in [-0.2, 0) is 0 Å². The summed E-state index contributed by atoms with van der Waals surface area (Å²) in [7, 11) is 0. The molecule has 0 bridgehead atoms. The largest absolute Gasteiger partial charge is 0.322 e. The van der Waals surface area contributed by atoms with Crippen LogP contribution in [0.1, 0.15) is 20.8 Å². The number of amides is 1. The summed E-state index contributed by atoms with van der Waals surface area (Å²) in [6.45, 7) is 3.68. The smallest absolute Gasteiger partial charge is 0.274 e. The first-order valence-electron chi connectivity index (χ1n) is 8.95. The normalized spacial score (nSPS) is 10.8. The van der Waals surface area contributed by atoms with Gasteiger partial charge in [-0.1, -0.05) is 24.3 Å². The van der Waals surface area contributed by atoms with Gasteiger partial charge in [0.2, 0.25) is 0 Å². The summed E-state index contributed by atoms with van der Waals surface area (Å²) in [5.41, 5.74) is 2.80. The monoisotopic (exact) mass is 403 g/mol. The van der Waals surface area contributed by atoms with Gasteiger partial charge in [0.1, 0.15) is 0 Å². The summed E-state index contributed by atoms with van der Waals surface area (Å²) in [5.74, 6) is -0.337. The summed E-state index contributed by atoms with van der Waals surface area (Å²) in [6, 6.07) is 17.9. The number of carbonyl (C=O) groups is 1. The van der Waals surface area contributed by atoms with Gasteiger partial charge in [0.15, 0.2) is 0 Å². The second-order valence-corrected chi connectivity index (χ2v) is 7.98. The van der Waals surface area contributed by atoms with Crippen molar-refractivity contribution in [2.75, 3.05) is 5.32 Å². The van der Waals surface area contributed by atoms with E-state index in [9.17, 15) is 14.9 Å². The number of nitro groups is 1. The number of nitrogens with one attached hydrogen (secondary N) is 1. The molecule has 0 radical (unpaired) electrons. The molecule has 144 valence electrons. The van der Waals surface area contributed by atoms with Gasteiger partial charge in [0.25, 0.3) is 11.6 Å². The highest BCUT2D eigenvalue weighted by Crippen LogP contribution is 2.30. The molecule has 4 aromatic rings. The van der Waals surface area contributed by atoms with Crippen molar-refractivity contribution in [2.45, 2.75) is 13.8 Å². The quantitative estimate of drug-likeness (QED) is 0.348. The van der Waals surface area contributed by atoms with E-state index >= 15 is 0 Å². The molecule has 0 saturated heterocycles. The maximum Gasteiger partial charge on any atom is 0.274 e. The molecule has 2 aromatic carbocycles. The lowest BCUT2D eigenvalue weighted by Crippen LogP contribution is -2.13. The molecule has 0 fully saturated rings. The van der Waals surface area contributed by atoms with Gasteiger partial charge in [0.05, 0.1) is 26.6 Å². The van der Waals surface area contributed by atoms with Crippen LogP contribution in [0.3, 0.4) is 0 Å². The zero-order valence-electron chi connectivity index (χ0n) is 15.8. The van der Waals surface area contributed by atoms with Crippen molar-refractivity contribution in [3.63, 3.8) is 0 Å². The van der Waals surface area contributed by atoms with E-state index in [0.717, 1.165) is 26.4 Å². The van der Waals surface area contributed by atoms with Crippen LogP contribution in [0.5, 0.6) is 0 Å². The maximum absolute atomic E-state index is 13.1. The predicted octanol–water partition coefficient (Wildman–Crippen LogP) is 5.74. The van der Waals surface area contributed by atoms with Gasteiger partial charge in [-0.05, 0) is 44.2 Å². The molecule has 0 spiro atoms. The van der Waals surface area contributed by atoms with Gasteiger partial charge in [0, 0.05) is 27.6 Å². The zero-order valence-corrected chi connectivity index (χ0v) is 16.6. The van der Waals surface area contributed by atoms with Crippen LogP contribution in [0.15, 0.2) is 60.7 Å². The van der Waals surface area contributed by atoms with Gasteiger partial charge in [-0.2, -0.15) is 0 Å². The van der Waals surface area contributed by atoms with Crippen molar-refractivity contribution in [1.29, 1.82) is 0 Å². The lowest BCUT2D eigenvalue weighted by atomic mass is 10.1. The van der Waals surface area contributed by atoms with Gasteiger partial charge >= 0.3 is 0 Å². The first-order valence-corrected chi connectivity index (χ1v) is 9.77. The zero-order chi connectivity index (χ0) is 20.5. The Morgan fingerprint density at radius 1 is 1.07 bits per heavy atom. The van der Waals surface area contributed by atoms with Crippen molar-refractivity contribution in [2.24, 2.45) is 0 Å². The van der Waals surface area contributed by atoms with Crippen molar-refractivity contribution in [3.05, 3.63) is 86.8 Å². The lowest BCUT2D eigenvalue weighted by molar-refractivity contribution is -0.385. The standard InChI is InChI=1S/C22H17N3O3S/c1-13-7-9-15(11-20(13)25(27)28)23-22(26)17-12-19(21-10-8-14(2)29-21)24-18-6-4-3-5-16(17)18/h3-12H,1-2H3,(H,23,26). The Kier molecular flexibility index (Phi) is 4.82. The molecule has 1 amide bonds. The average molecular weight is 403 g/mol. The highest BCUT2D eigenvalue weighted by molar-refractivity contribution is 7.15. The summed E-state index contributed by atoms with van der Waals surface area (Å²) >= 11 is 1.61. The molecular formula is C22H17N3O3S. The Balaban J connectivity index is 1.77. The van der Waals surface area contributed by atoms with Crippen molar-refractivity contribution < 1.29 is 9.72 Å². The number of anilines is 1. The molecule has 7 heteroatoms. The molecule has 1 N–H and O–H groups in total. The fourth-order valence-electron chi connectivity index (χ4n) is 3.14. The Morgan fingerprint density at radius 3 is 2.59 bits per heavy atom. The third kappa shape index (κ3) is 3.72. The van der Waals surface area contributed by atoms with Crippen molar-refractivity contribution >= 4 is 39.5 Å². The highest BCUT2D eigenvalue weighted by Gasteiger charge is 2.17. The number of rotatable bonds is 4. The number of hydrogen-bond donors (Lipinski definition) is 1. The summed E-state index contributed by atoms with van der Waals surface area (Å²) in [5, 5.41) is 14.7. The van der Waals surface area contributed by atoms with Crippen LogP contribution in [0.4, 0.5) is 11.4 Å². The van der Waals surface area contributed by atoms with Crippen LogP contribution >= 0.6 is 11.3 Å². The van der Waals surface area contributed by atoms with Crippen molar-refractivity contribution in [1.82, 2.24) is 4.98 Å². The first-order chi connectivity index (χ1) is 13.9. The second-order valence-electron chi connectivity index (χ2n) is 6.70. The van der Waals surface area contributed by atoms with Gasteiger partial charge in [-0.15, -0.1) is 11.3 Å². The van der Waals surface area contributed by atoms with E-state index in [0.29, 0.717) is 16.8 Å². The van der Waals surface area contributed by atoms with E-state index in [1.54, 1.807) is 36.5 Å². The fourth-order valence-corrected chi connectivity index (χ4v) is 3.97. The van der Waals surface area contributed by atoms with Crippen molar-refractivity contribution in [3.8, 4) is 10.6 Å². The molecule has 2 heterocycles. The first kappa shape index (κ1) is 18.8. The average Bonchev–Trinajstić information content (AvgIpc) is 3.14. The minimum absolute atomic E-state index is 0.0304. The summed E-state index contributed by atoms with van der Waals surface area (Å²) in [6.07, 6.45) is 0. The minimum Gasteiger partial charge on any atom is -0.322 e. The highest BCUT2D eigenvalue weighted by atomic mass is 32.1. The van der Waals surface area contributed by atoms with E-state index in [4.69, 9.17) is 4.98 Å². The van der Waals surface area contributed by atoms with Gasteiger partial charge in [-0.25, -0.2) is 4.98 Å². The Bertz CT molecular complexity index is 1260. The van der Waals surface area contributed by atoms with E-state index in [1.165, 1.54) is 6.07 Å². The molecule has 0 aliphatic carbocycles. The summed E-state index contributed by atoms with van der Waals surface area (Å²) in [4.78, 5) is 30.7. The molecule has 0 aliphatic rings. The summed E-state index contributed by atoms with van der Waals surface area (Å²) < 4.78 is 0. The third-order valence-corrected chi connectivity index (χ3v) is 5.64. The van der Waals surface area contributed by atoms with Gasteiger partial charge in [-0.3, -0.25) is 14.9 Å². The van der Waals surface area contributed by atoms with Crippen LogP contribution < -0.4 is 5.32 Å². The molecule has 29 heavy (non-hydrogen) atoms. The van der Waals surface area contributed by atoms with E-state index < -0.39 is 4.92 Å². The number of nitrogens with zero attached hydrogens (tertiary/aromatic N) is 2. The lowest BCUT2D eigenvalue weighted by Gasteiger charge is -2.10. The topological polar surface area (TPSA) is 85.1 Å². The Labute approximate surface area is 171 Å². The van der Waals surface area contributed by atoms with Crippen LogP contribution in [0, 0.1) is 24.0 Å². The molecule has 2 aromatic heterocycles. The molecule has 4 rings (SSSR count). The maximum atomic E-state index is 13.1. The Morgan fingerprint density at radius 2 is 1.86 bits per heavy atom. The number of aryl methyl sites for hydroxylation is 2. The molecule has 0 saturated carbocycles. The Hall–Kier alpha value is -3.58. The SMILES string of the molecule is Cc1ccc(-c2cc(C(=O)Nc3ccc(C)c([N+](=O)[O-])c3)c3ccccc3n2)s1. The van der Waals surface area contributed by atoms with Crippen LogP contribution in [-0.4, -0.2) is 15.8 Å². The molecular weight excluding hydrogens is 386 g/mol. The van der Waals surface area contributed by atoms with E-state index in [-0.39, 0.29) is 11.6 Å². The number of aromatic nitrogens is 1. The predicted molar refractivity (Wildman–Crippen MR) is 116 cm³/mol. The third-order valence-electron chi connectivity index (χ3n) is 4.62. The van der Waals surface area contributed by atoms with E-state index in [2.05, 4.69) is 5.32 Å². The molecule has 0 aliphatic heterocycles. The van der Waals surface area contributed by atoms with Crippen LogP contribution in [0.2, 0.25) is 0 Å². The number of fused-ring (bicyclic) bond motifs is 1. The van der Waals surface area contributed by atoms with Gasteiger partial charge < -0.3 is 5.32 Å². The number of thiophene rings is 1. The molecule has 6 nitrogen and oxygen atoms in total. The number of hydrogen-bond acceptors (Lipinski definition) is 5. The fraction of sp³-hybridized carbons (Fsp3) is 0.0909. The number of carbonyl (C=O) groups excluding carboxylic acids is 1. The second kappa shape index (κ2) is 7.44. The van der Waals surface area contributed by atoms with E-state index in [1.807, 2.05) is 43.3 Å². The minimum atomic E-state index is -0.454. The number of benzene rings is 2. The number of nitro benzene ring substituents is 1. The molecule has 0 atom stereocenters. The number of para-hydroxylation sites is 1. The van der Waals surface area contributed by atoms with Crippen LogP contribution in [0.25, 0.3) is 21.5 Å². The molecule has 0 unspecified atom stereocenters. The number of pyridine rings is 1.